The van der Waals surface area contributed by atoms with E-state index < -0.39 is 5.97 Å². The first kappa shape index (κ1) is 21.0. The molecular weight excluding hydrogens is 340 g/mol. The molecule has 0 aliphatic rings. The molecule has 0 radical (unpaired) electrons. The molecule has 1 aromatic carbocycles. The van der Waals surface area contributed by atoms with Crippen molar-refractivity contribution in [1.29, 1.82) is 0 Å². The quantitative estimate of drug-likeness (QED) is 0.511. The number of unbranched alkanes of at least 4 members (excludes halogenated alkanes) is 7. The van der Waals surface area contributed by atoms with Gasteiger partial charge in [-0.2, -0.15) is 0 Å². The van der Waals surface area contributed by atoms with E-state index in [1.54, 1.807) is 0 Å². The van der Waals surface area contributed by atoms with Crippen molar-refractivity contribution in [2.45, 2.75) is 64.2 Å². The van der Waals surface area contributed by atoms with Gasteiger partial charge in [-0.1, -0.05) is 56.7 Å². The lowest BCUT2D eigenvalue weighted by Gasteiger charge is -2.05. The van der Waals surface area contributed by atoms with Crippen LogP contribution in [0.5, 0.6) is 0 Å². The van der Waals surface area contributed by atoms with Crippen LogP contribution in [-0.2, 0) is 23.1 Å². The number of amides is 1. The molecule has 1 amide bonds. The largest absolute Gasteiger partial charge is 0.481 e. The van der Waals surface area contributed by atoms with Gasteiger partial charge >= 0.3 is 5.97 Å². The number of carbonyl (C=O) groups is 2. The molecule has 0 spiro atoms. The Kier molecular flexibility index (Phi) is 8.89. The molecule has 5 heteroatoms. The number of aryl methyl sites for hydroxylation is 1. The fourth-order valence-electron chi connectivity index (χ4n) is 3.49. The minimum atomic E-state index is -0.697. The van der Waals surface area contributed by atoms with E-state index in [0.29, 0.717) is 12.8 Å². The first-order valence-electron chi connectivity index (χ1n) is 10.1. The number of benzene rings is 1. The lowest BCUT2D eigenvalue weighted by molar-refractivity contribution is -0.137. The molecule has 0 unspecified atom stereocenters. The van der Waals surface area contributed by atoms with E-state index in [9.17, 15) is 9.59 Å². The van der Waals surface area contributed by atoms with Crippen molar-refractivity contribution in [3.05, 3.63) is 36.0 Å². The van der Waals surface area contributed by atoms with E-state index in [1.807, 2.05) is 25.4 Å². The van der Waals surface area contributed by atoms with Gasteiger partial charge in [-0.15, -0.1) is 0 Å². The molecule has 2 N–H and O–H groups in total. The number of hydrogen-bond acceptors (Lipinski definition) is 2. The minimum absolute atomic E-state index is 0.0878. The molecule has 148 valence electrons. The van der Waals surface area contributed by atoms with Crippen LogP contribution in [0.4, 0.5) is 0 Å². The van der Waals surface area contributed by atoms with Crippen molar-refractivity contribution in [3.8, 4) is 0 Å². The van der Waals surface area contributed by atoms with E-state index >= 15 is 0 Å². The third-order valence-electron chi connectivity index (χ3n) is 4.97. The van der Waals surface area contributed by atoms with Crippen molar-refractivity contribution in [2.75, 3.05) is 6.54 Å². The summed E-state index contributed by atoms with van der Waals surface area (Å²) in [6.45, 7) is 0.738. The second-order valence-corrected chi connectivity index (χ2v) is 7.28. The number of nitrogens with one attached hydrogen (secondary N) is 1. The summed E-state index contributed by atoms with van der Waals surface area (Å²) in [4.78, 5) is 22.6. The van der Waals surface area contributed by atoms with Crippen LogP contribution in [-0.4, -0.2) is 28.1 Å². The van der Waals surface area contributed by atoms with Gasteiger partial charge < -0.3 is 15.0 Å². The van der Waals surface area contributed by atoms with Gasteiger partial charge in [0.1, 0.15) is 0 Å². The number of carboxylic acids is 1. The molecule has 0 saturated carbocycles. The topological polar surface area (TPSA) is 71.3 Å². The first-order chi connectivity index (χ1) is 13.1. The summed E-state index contributed by atoms with van der Waals surface area (Å²) in [5.41, 5.74) is 2.23. The van der Waals surface area contributed by atoms with E-state index in [-0.39, 0.29) is 5.91 Å². The van der Waals surface area contributed by atoms with Crippen molar-refractivity contribution in [1.82, 2.24) is 9.88 Å². The molecule has 1 heterocycles. The number of para-hydroxylation sites is 1. The summed E-state index contributed by atoms with van der Waals surface area (Å²) in [5, 5.41) is 12.8. The van der Waals surface area contributed by atoms with Gasteiger partial charge in [0.2, 0.25) is 5.91 Å². The van der Waals surface area contributed by atoms with Crippen LogP contribution in [0.2, 0.25) is 0 Å². The Morgan fingerprint density at radius 3 is 2.30 bits per heavy atom. The van der Waals surface area contributed by atoms with Crippen molar-refractivity contribution >= 4 is 22.8 Å². The van der Waals surface area contributed by atoms with Gasteiger partial charge in [0, 0.05) is 37.1 Å². The molecule has 0 atom stereocenters. The van der Waals surface area contributed by atoms with Crippen LogP contribution in [0, 0.1) is 0 Å². The zero-order chi connectivity index (χ0) is 19.5. The smallest absolute Gasteiger partial charge is 0.303 e. The molecule has 2 rings (SSSR count). The highest BCUT2D eigenvalue weighted by Crippen LogP contribution is 2.20. The summed E-state index contributed by atoms with van der Waals surface area (Å²) in [7, 11) is 2.01. The Balaban J connectivity index is 1.52. The van der Waals surface area contributed by atoms with Crippen molar-refractivity contribution < 1.29 is 14.7 Å². The Bertz CT molecular complexity index is 736. The van der Waals surface area contributed by atoms with Crippen LogP contribution in [0.3, 0.4) is 0 Å². The highest BCUT2D eigenvalue weighted by Gasteiger charge is 2.09. The average Bonchev–Trinajstić information content (AvgIpc) is 2.95. The van der Waals surface area contributed by atoms with E-state index in [2.05, 4.69) is 22.0 Å². The highest BCUT2D eigenvalue weighted by molar-refractivity contribution is 5.89. The van der Waals surface area contributed by atoms with Crippen LogP contribution in [0.25, 0.3) is 10.9 Å². The molecule has 0 saturated heterocycles. The summed E-state index contributed by atoms with van der Waals surface area (Å²) in [6.07, 6.45) is 11.4. The number of aromatic nitrogens is 1. The SMILES string of the molecule is Cn1cc(CC(=O)NCCCCCCCCCCC(=O)O)c2ccccc21. The van der Waals surface area contributed by atoms with Gasteiger partial charge in [-0.05, 0) is 24.5 Å². The van der Waals surface area contributed by atoms with Crippen LogP contribution in [0.15, 0.2) is 30.5 Å². The fourth-order valence-corrected chi connectivity index (χ4v) is 3.49. The molecule has 1 aromatic heterocycles. The Labute approximate surface area is 161 Å². The van der Waals surface area contributed by atoms with Crippen LogP contribution in [0.1, 0.15) is 63.4 Å². The summed E-state index contributed by atoms with van der Waals surface area (Å²) in [5.74, 6) is -0.609. The lowest BCUT2D eigenvalue weighted by atomic mass is 10.1. The normalized spacial score (nSPS) is 11.0. The standard InChI is InChI=1S/C22H32N2O3/c1-24-17-18(19-12-9-10-13-20(19)24)16-21(25)23-15-11-7-5-3-2-4-6-8-14-22(26)27/h9-10,12-13,17H,2-8,11,14-16H2,1H3,(H,23,25)(H,26,27). The maximum atomic E-state index is 12.2. The molecule has 27 heavy (non-hydrogen) atoms. The number of aliphatic carboxylic acids is 1. The van der Waals surface area contributed by atoms with Gasteiger partial charge in [-0.25, -0.2) is 0 Å². The van der Waals surface area contributed by atoms with Gasteiger partial charge in [0.05, 0.1) is 6.42 Å². The van der Waals surface area contributed by atoms with Gasteiger partial charge in [0.25, 0.3) is 0 Å². The van der Waals surface area contributed by atoms with Crippen LogP contribution >= 0.6 is 0 Å². The number of carbonyl (C=O) groups excluding carboxylic acids is 1. The minimum Gasteiger partial charge on any atom is -0.481 e. The Hall–Kier alpha value is -2.30. The van der Waals surface area contributed by atoms with E-state index in [4.69, 9.17) is 5.11 Å². The van der Waals surface area contributed by atoms with Crippen molar-refractivity contribution in [3.63, 3.8) is 0 Å². The molecule has 0 fully saturated rings. The van der Waals surface area contributed by atoms with Gasteiger partial charge in [0.15, 0.2) is 0 Å². The zero-order valence-electron chi connectivity index (χ0n) is 16.4. The molecular formula is C22H32N2O3. The predicted octanol–water partition coefficient (Wildman–Crippen LogP) is 4.43. The lowest BCUT2D eigenvalue weighted by Crippen LogP contribution is -2.26. The second-order valence-electron chi connectivity index (χ2n) is 7.28. The zero-order valence-corrected chi connectivity index (χ0v) is 16.4. The van der Waals surface area contributed by atoms with Crippen LogP contribution < -0.4 is 5.32 Å². The third kappa shape index (κ3) is 7.45. The monoisotopic (exact) mass is 372 g/mol. The second kappa shape index (κ2) is 11.4. The number of carboxylic acid groups (broad SMARTS) is 1. The Morgan fingerprint density at radius 1 is 0.963 bits per heavy atom. The molecule has 0 aliphatic heterocycles. The predicted molar refractivity (Wildman–Crippen MR) is 109 cm³/mol. The number of nitrogens with zero attached hydrogens (tertiary/aromatic N) is 1. The summed E-state index contributed by atoms with van der Waals surface area (Å²) in [6, 6.07) is 8.17. The van der Waals surface area contributed by atoms with E-state index in [1.165, 1.54) is 19.3 Å². The molecule has 0 bridgehead atoms. The summed E-state index contributed by atoms with van der Waals surface area (Å²) < 4.78 is 2.07. The van der Waals surface area contributed by atoms with Gasteiger partial charge in [-0.3, -0.25) is 9.59 Å². The number of hydrogen-bond donors (Lipinski definition) is 2. The van der Waals surface area contributed by atoms with Crippen molar-refractivity contribution in [2.24, 2.45) is 7.05 Å². The molecule has 5 nitrogen and oxygen atoms in total. The number of rotatable bonds is 13. The molecule has 0 aliphatic carbocycles. The maximum absolute atomic E-state index is 12.2. The summed E-state index contributed by atoms with van der Waals surface area (Å²) >= 11 is 0. The first-order valence-corrected chi connectivity index (χ1v) is 10.1. The average molecular weight is 373 g/mol. The maximum Gasteiger partial charge on any atom is 0.303 e. The molecule has 2 aromatic rings. The third-order valence-corrected chi connectivity index (χ3v) is 4.97. The fraction of sp³-hybridized carbons (Fsp3) is 0.545. The van der Waals surface area contributed by atoms with E-state index in [0.717, 1.165) is 55.1 Å². The Morgan fingerprint density at radius 2 is 1.59 bits per heavy atom. The number of fused-ring (bicyclic) bond motifs is 1. The highest BCUT2D eigenvalue weighted by atomic mass is 16.4.